The molecule has 0 spiro atoms. The highest BCUT2D eigenvalue weighted by Crippen LogP contribution is 2.13. The van der Waals surface area contributed by atoms with Gasteiger partial charge in [0.1, 0.15) is 5.69 Å². The van der Waals surface area contributed by atoms with Crippen molar-refractivity contribution in [3.8, 4) is 0 Å². The van der Waals surface area contributed by atoms with E-state index < -0.39 is 5.95 Å². The van der Waals surface area contributed by atoms with E-state index in [2.05, 4.69) is 10.3 Å². The fraction of sp³-hybridized carbons (Fsp3) is 0.462. The third-order valence-electron chi connectivity index (χ3n) is 3.12. The monoisotopic (exact) mass is 265 g/mol. The number of likely N-dealkylation sites (tertiary alicyclic amines) is 1. The van der Waals surface area contributed by atoms with Crippen molar-refractivity contribution in [3.05, 3.63) is 29.8 Å². The first-order valence-corrected chi connectivity index (χ1v) is 6.25. The van der Waals surface area contributed by atoms with E-state index in [-0.39, 0.29) is 23.6 Å². The number of piperidine rings is 1. The molecule has 1 aromatic heterocycles. The van der Waals surface area contributed by atoms with Crippen molar-refractivity contribution in [3.63, 3.8) is 0 Å². The average Bonchev–Trinajstić information content (AvgIpc) is 2.38. The lowest BCUT2D eigenvalue weighted by Gasteiger charge is -2.32. The molecule has 0 atom stereocenters. The molecule has 0 saturated carbocycles. The number of hydrogen-bond acceptors (Lipinski definition) is 3. The van der Waals surface area contributed by atoms with Gasteiger partial charge in [-0.05, 0) is 25.0 Å². The second-order valence-corrected chi connectivity index (χ2v) is 4.61. The van der Waals surface area contributed by atoms with E-state index in [0.717, 1.165) is 0 Å². The zero-order valence-corrected chi connectivity index (χ0v) is 10.7. The van der Waals surface area contributed by atoms with Gasteiger partial charge in [-0.25, -0.2) is 4.98 Å². The zero-order chi connectivity index (χ0) is 13.8. The second kappa shape index (κ2) is 5.77. The minimum Gasteiger partial charge on any atom is -0.353 e. The maximum Gasteiger partial charge on any atom is 0.272 e. The number of pyridine rings is 1. The van der Waals surface area contributed by atoms with Crippen LogP contribution in [-0.4, -0.2) is 40.8 Å². The number of nitrogens with one attached hydrogen (secondary N) is 1. The molecule has 19 heavy (non-hydrogen) atoms. The molecule has 5 nitrogen and oxygen atoms in total. The first-order chi connectivity index (χ1) is 9.06. The summed E-state index contributed by atoms with van der Waals surface area (Å²) in [5, 5.41) is 2.84. The van der Waals surface area contributed by atoms with Crippen molar-refractivity contribution in [1.29, 1.82) is 0 Å². The summed E-state index contributed by atoms with van der Waals surface area (Å²) in [6.45, 7) is 2.57. The van der Waals surface area contributed by atoms with Crippen LogP contribution in [0.1, 0.15) is 30.3 Å². The van der Waals surface area contributed by atoms with Crippen LogP contribution in [0.3, 0.4) is 0 Å². The highest BCUT2D eigenvalue weighted by molar-refractivity contribution is 5.92. The molecule has 2 amide bonds. The lowest BCUT2D eigenvalue weighted by atomic mass is 10.0. The van der Waals surface area contributed by atoms with Crippen molar-refractivity contribution in [1.82, 2.24) is 15.2 Å². The smallest absolute Gasteiger partial charge is 0.272 e. The van der Waals surface area contributed by atoms with Gasteiger partial charge in [-0.2, -0.15) is 4.39 Å². The number of halogens is 1. The van der Waals surface area contributed by atoms with E-state index in [4.69, 9.17) is 0 Å². The number of amides is 2. The fourth-order valence-corrected chi connectivity index (χ4v) is 2.20. The van der Waals surface area contributed by atoms with Crippen LogP contribution in [0, 0.1) is 5.95 Å². The van der Waals surface area contributed by atoms with Crippen LogP contribution in [0.5, 0.6) is 0 Å². The summed E-state index contributed by atoms with van der Waals surface area (Å²) in [7, 11) is 0. The molecule has 0 unspecified atom stereocenters. The van der Waals surface area contributed by atoms with Crippen LogP contribution < -0.4 is 5.32 Å². The quantitative estimate of drug-likeness (QED) is 0.810. The van der Waals surface area contributed by atoms with E-state index in [0.29, 0.717) is 25.9 Å². The molecule has 1 aliphatic rings. The minimum absolute atomic E-state index is 0.0587. The van der Waals surface area contributed by atoms with Crippen molar-refractivity contribution < 1.29 is 14.0 Å². The molecule has 0 radical (unpaired) electrons. The van der Waals surface area contributed by atoms with Crippen molar-refractivity contribution >= 4 is 11.8 Å². The first kappa shape index (κ1) is 13.5. The molecule has 1 saturated heterocycles. The predicted octanol–water partition coefficient (Wildman–Crippen LogP) is 0.961. The fourth-order valence-electron chi connectivity index (χ4n) is 2.20. The van der Waals surface area contributed by atoms with Crippen molar-refractivity contribution in [2.24, 2.45) is 0 Å². The zero-order valence-electron chi connectivity index (χ0n) is 10.7. The highest BCUT2D eigenvalue weighted by Gasteiger charge is 2.24. The lowest BCUT2D eigenvalue weighted by Crippen LogP contribution is -2.46. The molecule has 102 valence electrons. The van der Waals surface area contributed by atoms with Gasteiger partial charge in [0.15, 0.2) is 0 Å². The number of carbonyl (C=O) groups is 2. The van der Waals surface area contributed by atoms with Gasteiger partial charge in [-0.1, -0.05) is 6.07 Å². The van der Waals surface area contributed by atoms with Crippen LogP contribution in [0.2, 0.25) is 0 Å². The van der Waals surface area contributed by atoms with Gasteiger partial charge in [-0.15, -0.1) is 0 Å². The van der Waals surface area contributed by atoms with E-state index in [9.17, 15) is 14.0 Å². The first-order valence-electron chi connectivity index (χ1n) is 6.25. The number of hydrogen-bond donors (Lipinski definition) is 1. The van der Waals surface area contributed by atoms with Crippen molar-refractivity contribution in [2.45, 2.75) is 25.8 Å². The summed E-state index contributed by atoms with van der Waals surface area (Å²) in [6.07, 6.45) is 1.42. The number of aromatic nitrogens is 1. The number of rotatable bonds is 2. The number of carbonyl (C=O) groups excluding carboxylic acids is 2. The van der Waals surface area contributed by atoms with Gasteiger partial charge in [0.25, 0.3) is 5.91 Å². The van der Waals surface area contributed by atoms with Crippen LogP contribution in [-0.2, 0) is 4.79 Å². The van der Waals surface area contributed by atoms with E-state index in [1.165, 1.54) is 25.1 Å². The number of nitrogens with zero attached hydrogens (tertiary/aromatic N) is 2. The molecule has 1 fully saturated rings. The highest BCUT2D eigenvalue weighted by atomic mass is 19.1. The lowest BCUT2D eigenvalue weighted by molar-refractivity contribution is -0.119. The van der Waals surface area contributed by atoms with Gasteiger partial charge in [0.2, 0.25) is 11.9 Å². The van der Waals surface area contributed by atoms with E-state index in [1.54, 1.807) is 4.90 Å². The van der Waals surface area contributed by atoms with Gasteiger partial charge >= 0.3 is 0 Å². The van der Waals surface area contributed by atoms with Gasteiger partial charge in [-0.3, -0.25) is 9.59 Å². The van der Waals surface area contributed by atoms with Crippen LogP contribution in [0.25, 0.3) is 0 Å². The Bertz CT molecular complexity index is 485. The minimum atomic E-state index is -0.654. The standard InChI is InChI=1S/C13H16FN3O2/c1-9(18)15-10-5-7-17(8-6-10)13(19)11-3-2-4-12(14)16-11/h2-4,10H,5-8H2,1H3,(H,15,18). The van der Waals surface area contributed by atoms with E-state index in [1.807, 2.05) is 0 Å². The summed E-state index contributed by atoms with van der Waals surface area (Å²) in [5.41, 5.74) is 0.123. The molecule has 2 rings (SSSR count). The Kier molecular flexibility index (Phi) is 4.09. The third-order valence-corrected chi connectivity index (χ3v) is 3.12. The Balaban J connectivity index is 1.94. The van der Waals surface area contributed by atoms with Gasteiger partial charge < -0.3 is 10.2 Å². The molecule has 2 heterocycles. The van der Waals surface area contributed by atoms with Crippen LogP contribution >= 0.6 is 0 Å². The Morgan fingerprint density at radius 2 is 2.05 bits per heavy atom. The molecule has 0 aromatic carbocycles. The average molecular weight is 265 g/mol. The normalized spacial score (nSPS) is 16.2. The Hall–Kier alpha value is -1.98. The summed E-state index contributed by atoms with van der Waals surface area (Å²) >= 11 is 0. The predicted molar refractivity (Wildman–Crippen MR) is 66.9 cm³/mol. The maximum absolute atomic E-state index is 13.0. The third kappa shape index (κ3) is 3.49. The topological polar surface area (TPSA) is 62.3 Å². The Morgan fingerprint density at radius 3 is 2.63 bits per heavy atom. The SMILES string of the molecule is CC(=O)NC1CCN(C(=O)c2cccc(F)n2)CC1. The Labute approximate surface area is 110 Å². The summed E-state index contributed by atoms with van der Waals surface area (Å²) in [5.74, 6) is -0.976. The molecule has 1 N–H and O–H groups in total. The largest absolute Gasteiger partial charge is 0.353 e. The summed E-state index contributed by atoms with van der Waals surface area (Å²) in [4.78, 5) is 28.3. The Morgan fingerprint density at radius 1 is 1.37 bits per heavy atom. The van der Waals surface area contributed by atoms with Gasteiger partial charge in [0, 0.05) is 26.1 Å². The molecule has 0 bridgehead atoms. The summed E-state index contributed by atoms with van der Waals surface area (Å²) < 4.78 is 13.0. The molecular weight excluding hydrogens is 249 g/mol. The summed E-state index contributed by atoms with van der Waals surface area (Å²) in [6, 6.07) is 4.30. The molecule has 1 aliphatic heterocycles. The van der Waals surface area contributed by atoms with Crippen LogP contribution in [0.4, 0.5) is 4.39 Å². The van der Waals surface area contributed by atoms with Gasteiger partial charge in [0.05, 0.1) is 0 Å². The molecule has 6 heteroatoms. The molecular formula is C13H16FN3O2. The van der Waals surface area contributed by atoms with E-state index >= 15 is 0 Å². The van der Waals surface area contributed by atoms with Crippen molar-refractivity contribution in [2.75, 3.05) is 13.1 Å². The molecule has 0 aliphatic carbocycles. The maximum atomic E-state index is 13.0. The second-order valence-electron chi connectivity index (χ2n) is 4.61. The van der Waals surface area contributed by atoms with Crippen LogP contribution in [0.15, 0.2) is 18.2 Å². The molecule has 1 aromatic rings.